The average molecular weight is 250 g/mol. The summed E-state index contributed by atoms with van der Waals surface area (Å²) in [5.41, 5.74) is 1.82. The Balaban J connectivity index is 2.71. The van der Waals surface area contributed by atoms with Gasteiger partial charge in [0.2, 0.25) is 5.91 Å². The van der Waals surface area contributed by atoms with Gasteiger partial charge in [0, 0.05) is 12.5 Å². The first kappa shape index (κ1) is 14.5. The molecular weight excluding hydrogens is 228 g/mol. The van der Waals surface area contributed by atoms with Crippen molar-refractivity contribution in [3.05, 3.63) is 23.8 Å². The van der Waals surface area contributed by atoms with Gasteiger partial charge in [-0.2, -0.15) is 0 Å². The lowest BCUT2D eigenvalue weighted by molar-refractivity contribution is -0.119. The summed E-state index contributed by atoms with van der Waals surface area (Å²) < 4.78 is 5.23. The lowest BCUT2D eigenvalue weighted by Gasteiger charge is -2.15. The molecule has 0 spiro atoms. The highest BCUT2D eigenvalue weighted by molar-refractivity contribution is 5.94. The van der Waals surface area contributed by atoms with Crippen LogP contribution in [0.3, 0.4) is 0 Å². The fraction of sp³-hybridized carbons (Fsp3) is 0.500. The van der Waals surface area contributed by atoms with Crippen LogP contribution in [-0.4, -0.2) is 26.1 Å². The summed E-state index contributed by atoms with van der Waals surface area (Å²) in [5.74, 6) is 0.611. The second-order valence-corrected chi connectivity index (χ2v) is 4.40. The van der Waals surface area contributed by atoms with Crippen LogP contribution in [-0.2, 0) is 4.79 Å². The summed E-state index contributed by atoms with van der Waals surface area (Å²) >= 11 is 0. The first-order chi connectivity index (χ1) is 8.58. The van der Waals surface area contributed by atoms with Crippen LogP contribution in [0.4, 0.5) is 5.69 Å². The number of anilines is 1. The van der Waals surface area contributed by atoms with Crippen molar-refractivity contribution in [2.24, 2.45) is 5.92 Å². The summed E-state index contributed by atoms with van der Waals surface area (Å²) in [7, 11) is 1.60. The Bertz CT molecular complexity index is 405. The third-order valence-corrected chi connectivity index (χ3v) is 2.76. The average Bonchev–Trinajstić information content (AvgIpc) is 2.36. The summed E-state index contributed by atoms with van der Waals surface area (Å²) in [6.07, 6.45) is 0. The van der Waals surface area contributed by atoms with Gasteiger partial charge in [-0.05, 0) is 31.2 Å². The Morgan fingerprint density at radius 1 is 1.44 bits per heavy atom. The maximum atomic E-state index is 12.0. The summed E-state index contributed by atoms with van der Waals surface area (Å²) in [6.45, 7) is 7.45. The number of carbonyl (C=O) groups excluding carboxylic acids is 1. The number of amides is 1. The minimum Gasteiger partial charge on any atom is -0.495 e. The van der Waals surface area contributed by atoms with Crippen LogP contribution >= 0.6 is 0 Å². The summed E-state index contributed by atoms with van der Waals surface area (Å²) in [4.78, 5) is 12.0. The minimum atomic E-state index is -0.0739. The number of hydrogen-bond donors (Lipinski definition) is 2. The standard InChI is InChI=1S/C14H22N2O2/c1-5-15-9-11(3)14(17)16-12-8-10(2)6-7-13(12)18-4/h6-8,11,15H,5,9H2,1-4H3,(H,16,17). The Labute approximate surface area is 109 Å². The van der Waals surface area contributed by atoms with Gasteiger partial charge in [0.1, 0.15) is 5.75 Å². The number of nitrogens with one attached hydrogen (secondary N) is 2. The zero-order chi connectivity index (χ0) is 13.5. The van der Waals surface area contributed by atoms with Gasteiger partial charge in [0.25, 0.3) is 0 Å². The van der Waals surface area contributed by atoms with E-state index < -0.39 is 0 Å². The van der Waals surface area contributed by atoms with Crippen molar-refractivity contribution in [1.29, 1.82) is 0 Å². The molecule has 0 heterocycles. The predicted octanol–water partition coefficient (Wildman–Crippen LogP) is 2.19. The largest absolute Gasteiger partial charge is 0.495 e. The van der Waals surface area contributed by atoms with Crippen molar-refractivity contribution < 1.29 is 9.53 Å². The number of ether oxygens (including phenoxy) is 1. The lowest BCUT2D eigenvalue weighted by Crippen LogP contribution is -2.30. The van der Waals surface area contributed by atoms with Crippen LogP contribution in [0.2, 0.25) is 0 Å². The molecule has 1 unspecified atom stereocenters. The Morgan fingerprint density at radius 3 is 2.78 bits per heavy atom. The van der Waals surface area contributed by atoms with E-state index in [4.69, 9.17) is 4.74 Å². The molecule has 0 bridgehead atoms. The molecule has 1 aromatic carbocycles. The topological polar surface area (TPSA) is 50.4 Å². The third kappa shape index (κ3) is 4.04. The van der Waals surface area contributed by atoms with E-state index in [9.17, 15) is 4.79 Å². The maximum Gasteiger partial charge on any atom is 0.228 e. The maximum absolute atomic E-state index is 12.0. The van der Waals surface area contributed by atoms with Crippen molar-refractivity contribution in [1.82, 2.24) is 5.32 Å². The van der Waals surface area contributed by atoms with E-state index in [0.717, 1.165) is 17.8 Å². The highest BCUT2D eigenvalue weighted by Gasteiger charge is 2.14. The molecule has 0 radical (unpaired) electrons. The van der Waals surface area contributed by atoms with Gasteiger partial charge < -0.3 is 15.4 Å². The van der Waals surface area contributed by atoms with Crippen LogP contribution in [0.1, 0.15) is 19.4 Å². The van der Waals surface area contributed by atoms with Crippen molar-refractivity contribution in [2.45, 2.75) is 20.8 Å². The monoisotopic (exact) mass is 250 g/mol. The molecular formula is C14H22N2O2. The molecule has 0 saturated carbocycles. The second kappa shape index (κ2) is 7.01. The number of rotatable bonds is 6. The van der Waals surface area contributed by atoms with Gasteiger partial charge in [-0.1, -0.05) is 19.9 Å². The molecule has 0 aliphatic carbocycles. The number of aryl methyl sites for hydroxylation is 1. The molecule has 4 nitrogen and oxygen atoms in total. The third-order valence-electron chi connectivity index (χ3n) is 2.76. The van der Waals surface area contributed by atoms with Gasteiger partial charge in [0.05, 0.1) is 12.8 Å². The highest BCUT2D eigenvalue weighted by Crippen LogP contribution is 2.25. The van der Waals surface area contributed by atoms with Crippen LogP contribution in [0.5, 0.6) is 5.75 Å². The van der Waals surface area contributed by atoms with E-state index in [2.05, 4.69) is 10.6 Å². The minimum absolute atomic E-state index is 0.000139. The smallest absolute Gasteiger partial charge is 0.228 e. The van der Waals surface area contributed by atoms with Crippen molar-refractivity contribution >= 4 is 11.6 Å². The van der Waals surface area contributed by atoms with E-state index in [1.807, 2.05) is 39.0 Å². The molecule has 1 aromatic rings. The van der Waals surface area contributed by atoms with Crippen LogP contribution in [0.25, 0.3) is 0 Å². The van der Waals surface area contributed by atoms with E-state index in [1.165, 1.54) is 0 Å². The fourth-order valence-corrected chi connectivity index (χ4v) is 1.63. The molecule has 0 aromatic heterocycles. The second-order valence-electron chi connectivity index (χ2n) is 4.40. The van der Waals surface area contributed by atoms with E-state index in [1.54, 1.807) is 7.11 Å². The molecule has 0 fully saturated rings. The highest BCUT2D eigenvalue weighted by atomic mass is 16.5. The number of benzene rings is 1. The molecule has 1 amide bonds. The van der Waals surface area contributed by atoms with Gasteiger partial charge in [-0.15, -0.1) is 0 Å². The number of hydrogen-bond acceptors (Lipinski definition) is 3. The molecule has 0 aliphatic rings. The molecule has 18 heavy (non-hydrogen) atoms. The van der Waals surface area contributed by atoms with E-state index in [0.29, 0.717) is 12.3 Å². The zero-order valence-electron chi connectivity index (χ0n) is 11.5. The van der Waals surface area contributed by atoms with Gasteiger partial charge in [0.15, 0.2) is 0 Å². The Morgan fingerprint density at radius 2 is 2.17 bits per heavy atom. The first-order valence-electron chi connectivity index (χ1n) is 6.24. The molecule has 1 rings (SSSR count). The van der Waals surface area contributed by atoms with Gasteiger partial charge in [-0.3, -0.25) is 4.79 Å². The number of methoxy groups -OCH3 is 1. The van der Waals surface area contributed by atoms with Crippen molar-refractivity contribution in [2.75, 3.05) is 25.5 Å². The predicted molar refractivity (Wildman–Crippen MR) is 74.1 cm³/mol. The van der Waals surface area contributed by atoms with Gasteiger partial charge >= 0.3 is 0 Å². The molecule has 0 saturated heterocycles. The van der Waals surface area contributed by atoms with Crippen molar-refractivity contribution in [3.63, 3.8) is 0 Å². The lowest BCUT2D eigenvalue weighted by atomic mass is 10.1. The molecule has 1 atom stereocenters. The fourth-order valence-electron chi connectivity index (χ4n) is 1.63. The normalized spacial score (nSPS) is 12.0. The quantitative estimate of drug-likeness (QED) is 0.813. The van der Waals surface area contributed by atoms with Gasteiger partial charge in [-0.25, -0.2) is 0 Å². The molecule has 4 heteroatoms. The van der Waals surface area contributed by atoms with Crippen molar-refractivity contribution in [3.8, 4) is 5.75 Å². The van der Waals surface area contributed by atoms with E-state index in [-0.39, 0.29) is 11.8 Å². The number of carbonyl (C=O) groups is 1. The molecule has 0 aliphatic heterocycles. The van der Waals surface area contributed by atoms with E-state index >= 15 is 0 Å². The Kier molecular flexibility index (Phi) is 5.65. The zero-order valence-corrected chi connectivity index (χ0v) is 11.5. The Hall–Kier alpha value is -1.55. The molecule has 2 N–H and O–H groups in total. The van der Waals surface area contributed by atoms with Crippen LogP contribution in [0.15, 0.2) is 18.2 Å². The first-order valence-corrected chi connectivity index (χ1v) is 6.24. The SMILES string of the molecule is CCNCC(C)C(=O)Nc1cc(C)ccc1OC. The summed E-state index contributed by atoms with van der Waals surface area (Å²) in [5, 5.41) is 6.07. The summed E-state index contributed by atoms with van der Waals surface area (Å²) in [6, 6.07) is 5.73. The molecule has 100 valence electrons. The van der Waals surface area contributed by atoms with Crippen LogP contribution in [0, 0.1) is 12.8 Å². The van der Waals surface area contributed by atoms with Crippen LogP contribution < -0.4 is 15.4 Å².